The second-order valence-corrected chi connectivity index (χ2v) is 4.23. The molecular weight excluding hydrogens is 186 g/mol. The summed E-state index contributed by atoms with van der Waals surface area (Å²) in [7, 11) is 0. The minimum absolute atomic E-state index is 0.0867. The number of hydrogen-bond donors (Lipinski definition) is 1. The van der Waals surface area contributed by atoms with Crippen molar-refractivity contribution in [3.63, 3.8) is 0 Å². The summed E-state index contributed by atoms with van der Waals surface area (Å²) in [6, 6.07) is 8.44. The molecule has 2 N–H and O–H groups in total. The summed E-state index contributed by atoms with van der Waals surface area (Å²) in [5, 5.41) is 0. The Morgan fingerprint density at radius 1 is 1.33 bits per heavy atom. The zero-order valence-corrected chi connectivity index (χ0v) is 9.86. The minimum Gasteiger partial charge on any atom is -0.379 e. The van der Waals surface area contributed by atoms with Crippen molar-refractivity contribution in [2.75, 3.05) is 6.61 Å². The highest BCUT2D eigenvalue weighted by atomic mass is 16.5. The highest BCUT2D eigenvalue weighted by Gasteiger charge is 2.06. The van der Waals surface area contributed by atoms with E-state index in [-0.39, 0.29) is 12.1 Å². The van der Waals surface area contributed by atoms with Crippen LogP contribution in [0, 0.1) is 6.92 Å². The zero-order valence-electron chi connectivity index (χ0n) is 9.86. The van der Waals surface area contributed by atoms with Crippen molar-refractivity contribution in [2.24, 2.45) is 5.73 Å². The van der Waals surface area contributed by atoms with E-state index in [1.165, 1.54) is 11.1 Å². The molecule has 0 aliphatic carbocycles. The molecule has 0 fully saturated rings. The van der Waals surface area contributed by atoms with Crippen LogP contribution < -0.4 is 5.73 Å². The number of nitrogens with two attached hydrogens (primary N) is 1. The standard InChI is InChI=1S/C13H21NO/c1-10(2)15-8-7-13(14)12-6-4-5-11(3)9-12/h4-6,9-10,13H,7-8,14H2,1-3H3. The first-order valence-electron chi connectivity index (χ1n) is 5.53. The molecule has 2 heteroatoms. The molecule has 0 amide bonds. The molecule has 0 aliphatic heterocycles. The average Bonchev–Trinajstić information content (AvgIpc) is 2.17. The first-order valence-corrected chi connectivity index (χ1v) is 5.53. The van der Waals surface area contributed by atoms with Crippen LogP contribution >= 0.6 is 0 Å². The van der Waals surface area contributed by atoms with Crippen LogP contribution in [0.4, 0.5) is 0 Å². The van der Waals surface area contributed by atoms with E-state index in [2.05, 4.69) is 25.1 Å². The lowest BCUT2D eigenvalue weighted by Crippen LogP contribution is -2.15. The molecule has 1 rings (SSSR count). The smallest absolute Gasteiger partial charge is 0.0518 e. The van der Waals surface area contributed by atoms with Crippen LogP contribution in [0.3, 0.4) is 0 Å². The Morgan fingerprint density at radius 2 is 2.07 bits per heavy atom. The Bertz CT molecular complexity index is 296. The molecule has 84 valence electrons. The van der Waals surface area contributed by atoms with Gasteiger partial charge in [0.25, 0.3) is 0 Å². The maximum absolute atomic E-state index is 6.07. The predicted octanol–water partition coefficient (Wildman–Crippen LogP) is 2.81. The van der Waals surface area contributed by atoms with Crippen molar-refractivity contribution in [1.29, 1.82) is 0 Å². The van der Waals surface area contributed by atoms with Crippen molar-refractivity contribution in [1.82, 2.24) is 0 Å². The van der Waals surface area contributed by atoms with Gasteiger partial charge in [-0.25, -0.2) is 0 Å². The van der Waals surface area contributed by atoms with Gasteiger partial charge in [-0.05, 0) is 32.8 Å². The van der Waals surface area contributed by atoms with Gasteiger partial charge in [-0.3, -0.25) is 0 Å². The van der Waals surface area contributed by atoms with Gasteiger partial charge in [0, 0.05) is 12.6 Å². The van der Waals surface area contributed by atoms with E-state index in [0.717, 1.165) is 13.0 Å². The molecular formula is C13H21NO. The molecule has 2 nitrogen and oxygen atoms in total. The topological polar surface area (TPSA) is 35.2 Å². The molecule has 0 radical (unpaired) electrons. The molecule has 1 unspecified atom stereocenters. The summed E-state index contributed by atoms with van der Waals surface area (Å²) in [6.45, 7) is 6.89. The Morgan fingerprint density at radius 3 is 2.67 bits per heavy atom. The third-order valence-electron chi connectivity index (χ3n) is 2.35. The van der Waals surface area contributed by atoms with Gasteiger partial charge in [-0.1, -0.05) is 29.8 Å². The van der Waals surface area contributed by atoms with E-state index in [1.54, 1.807) is 0 Å². The first kappa shape index (κ1) is 12.2. The Hall–Kier alpha value is -0.860. The van der Waals surface area contributed by atoms with E-state index in [9.17, 15) is 0 Å². The van der Waals surface area contributed by atoms with E-state index < -0.39 is 0 Å². The van der Waals surface area contributed by atoms with Crippen LogP contribution in [0.2, 0.25) is 0 Å². The SMILES string of the molecule is Cc1cccc(C(N)CCOC(C)C)c1. The second kappa shape index (κ2) is 5.89. The highest BCUT2D eigenvalue weighted by Crippen LogP contribution is 2.15. The third-order valence-corrected chi connectivity index (χ3v) is 2.35. The van der Waals surface area contributed by atoms with Gasteiger partial charge >= 0.3 is 0 Å². The Labute approximate surface area is 92.4 Å². The number of hydrogen-bond acceptors (Lipinski definition) is 2. The highest BCUT2D eigenvalue weighted by molar-refractivity contribution is 5.24. The first-order chi connectivity index (χ1) is 7.09. The molecule has 1 atom stereocenters. The van der Waals surface area contributed by atoms with Crippen LogP contribution in [-0.2, 0) is 4.74 Å². The fourth-order valence-corrected chi connectivity index (χ4v) is 1.50. The summed E-state index contributed by atoms with van der Waals surface area (Å²) < 4.78 is 5.48. The van der Waals surface area contributed by atoms with Gasteiger partial charge in [0.2, 0.25) is 0 Å². The number of aryl methyl sites for hydroxylation is 1. The predicted molar refractivity (Wildman–Crippen MR) is 63.8 cm³/mol. The molecule has 0 saturated carbocycles. The van der Waals surface area contributed by atoms with E-state index >= 15 is 0 Å². The monoisotopic (exact) mass is 207 g/mol. The number of ether oxygens (including phenoxy) is 1. The summed E-state index contributed by atoms with van der Waals surface area (Å²) in [4.78, 5) is 0. The van der Waals surface area contributed by atoms with E-state index in [1.807, 2.05) is 19.9 Å². The fraction of sp³-hybridized carbons (Fsp3) is 0.538. The molecule has 0 spiro atoms. The molecule has 0 aromatic heterocycles. The van der Waals surface area contributed by atoms with Crippen molar-refractivity contribution >= 4 is 0 Å². The molecule has 15 heavy (non-hydrogen) atoms. The quantitative estimate of drug-likeness (QED) is 0.805. The number of rotatable bonds is 5. The zero-order chi connectivity index (χ0) is 11.3. The molecule has 0 aliphatic rings. The molecule has 0 saturated heterocycles. The van der Waals surface area contributed by atoms with Gasteiger partial charge in [0.15, 0.2) is 0 Å². The summed E-state index contributed by atoms with van der Waals surface area (Å²) in [5.41, 5.74) is 8.52. The second-order valence-electron chi connectivity index (χ2n) is 4.23. The van der Waals surface area contributed by atoms with Crippen LogP contribution in [0.15, 0.2) is 24.3 Å². The summed E-state index contributed by atoms with van der Waals surface area (Å²) >= 11 is 0. The number of benzene rings is 1. The van der Waals surface area contributed by atoms with Crippen LogP contribution in [-0.4, -0.2) is 12.7 Å². The van der Waals surface area contributed by atoms with Gasteiger partial charge in [-0.2, -0.15) is 0 Å². The lowest BCUT2D eigenvalue weighted by atomic mass is 10.0. The van der Waals surface area contributed by atoms with E-state index in [4.69, 9.17) is 10.5 Å². The van der Waals surface area contributed by atoms with Crippen molar-refractivity contribution in [3.8, 4) is 0 Å². The van der Waals surface area contributed by atoms with Gasteiger partial charge in [-0.15, -0.1) is 0 Å². The van der Waals surface area contributed by atoms with Crippen molar-refractivity contribution in [2.45, 2.75) is 39.3 Å². The normalized spacial score (nSPS) is 13.1. The minimum atomic E-state index is 0.0867. The summed E-state index contributed by atoms with van der Waals surface area (Å²) in [5.74, 6) is 0. The van der Waals surface area contributed by atoms with Gasteiger partial charge in [0.05, 0.1) is 6.10 Å². The maximum Gasteiger partial charge on any atom is 0.0518 e. The van der Waals surface area contributed by atoms with Crippen LogP contribution in [0.5, 0.6) is 0 Å². The van der Waals surface area contributed by atoms with Crippen molar-refractivity contribution < 1.29 is 4.74 Å². The lowest BCUT2D eigenvalue weighted by Gasteiger charge is -2.14. The van der Waals surface area contributed by atoms with Crippen molar-refractivity contribution in [3.05, 3.63) is 35.4 Å². The third kappa shape index (κ3) is 4.45. The molecule has 0 bridgehead atoms. The molecule has 1 aromatic carbocycles. The molecule has 0 heterocycles. The Kier molecular flexibility index (Phi) is 4.79. The van der Waals surface area contributed by atoms with Gasteiger partial charge < -0.3 is 10.5 Å². The lowest BCUT2D eigenvalue weighted by molar-refractivity contribution is 0.0736. The van der Waals surface area contributed by atoms with E-state index in [0.29, 0.717) is 0 Å². The summed E-state index contributed by atoms with van der Waals surface area (Å²) in [6.07, 6.45) is 1.16. The maximum atomic E-state index is 6.07. The Balaban J connectivity index is 2.43. The average molecular weight is 207 g/mol. The largest absolute Gasteiger partial charge is 0.379 e. The van der Waals surface area contributed by atoms with Gasteiger partial charge in [0.1, 0.15) is 0 Å². The van der Waals surface area contributed by atoms with Crippen LogP contribution in [0.1, 0.15) is 37.4 Å². The fourth-order valence-electron chi connectivity index (χ4n) is 1.50. The molecule has 1 aromatic rings. The van der Waals surface area contributed by atoms with Crippen LogP contribution in [0.25, 0.3) is 0 Å².